The Hall–Kier alpha value is -1.15. The lowest BCUT2D eigenvalue weighted by atomic mass is 9.84. The van der Waals surface area contributed by atoms with Crippen LogP contribution in [0.25, 0.3) is 0 Å². The number of hydrogen-bond acceptors (Lipinski definition) is 4. The maximum atomic E-state index is 12.8. The molecule has 0 aromatic heterocycles. The number of sulfonamides is 1. The number of carbonyl (C=O) groups excluding carboxylic acids is 1. The van der Waals surface area contributed by atoms with Crippen LogP contribution in [0.1, 0.15) is 33.1 Å². The second kappa shape index (κ2) is 7.46. The van der Waals surface area contributed by atoms with Crippen molar-refractivity contribution in [2.75, 3.05) is 18.4 Å². The van der Waals surface area contributed by atoms with Gasteiger partial charge in [-0.1, -0.05) is 25.4 Å². The zero-order valence-corrected chi connectivity index (χ0v) is 16.7. The SMILES string of the molecule is CCN(CC)S(=O)(=O)c1cc(NC(=O)C2C3CCC(C3)C2N)ccc1Cl. The maximum Gasteiger partial charge on any atom is 0.244 e. The molecule has 2 aliphatic rings. The number of nitrogens with one attached hydrogen (secondary N) is 1. The van der Waals surface area contributed by atoms with Gasteiger partial charge in [-0.15, -0.1) is 0 Å². The highest BCUT2D eigenvalue weighted by molar-refractivity contribution is 7.89. The monoisotopic (exact) mass is 399 g/mol. The highest BCUT2D eigenvalue weighted by Crippen LogP contribution is 2.48. The van der Waals surface area contributed by atoms with Gasteiger partial charge >= 0.3 is 0 Å². The molecule has 3 rings (SSSR count). The molecule has 4 atom stereocenters. The van der Waals surface area contributed by atoms with E-state index in [0.717, 1.165) is 19.3 Å². The minimum Gasteiger partial charge on any atom is -0.327 e. The third-order valence-corrected chi connectivity index (χ3v) is 8.34. The van der Waals surface area contributed by atoms with Crippen molar-refractivity contribution in [1.29, 1.82) is 0 Å². The van der Waals surface area contributed by atoms with Crippen molar-refractivity contribution in [1.82, 2.24) is 4.31 Å². The summed E-state index contributed by atoms with van der Waals surface area (Å²) in [7, 11) is -3.70. The number of anilines is 1. The molecule has 8 heteroatoms. The third kappa shape index (κ3) is 3.38. The molecule has 1 aromatic rings. The summed E-state index contributed by atoms with van der Waals surface area (Å²) in [4.78, 5) is 12.7. The van der Waals surface area contributed by atoms with Gasteiger partial charge in [0.25, 0.3) is 0 Å². The number of hydrogen-bond donors (Lipinski definition) is 2. The van der Waals surface area contributed by atoms with E-state index in [1.54, 1.807) is 19.9 Å². The van der Waals surface area contributed by atoms with E-state index in [1.807, 2.05) is 0 Å². The average Bonchev–Trinajstić information content (AvgIpc) is 3.18. The largest absolute Gasteiger partial charge is 0.327 e. The van der Waals surface area contributed by atoms with Crippen molar-refractivity contribution in [3.63, 3.8) is 0 Å². The van der Waals surface area contributed by atoms with Crippen LogP contribution >= 0.6 is 11.6 Å². The summed E-state index contributed by atoms with van der Waals surface area (Å²) in [5, 5.41) is 3.00. The molecule has 2 aliphatic carbocycles. The van der Waals surface area contributed by atoms with E-state index in [1.165, 1.54) is 16.4 Å². The Labute approximate surface area is 160 Å². The lowest BCUT2D eigenvalue weighted by molar-refractivity contribution is -0.121. The van der Waals surface area contributed by atoms with E-state index < -0.39 is 10.0 Å². The van der Waals surface area contributed by atoms with Crippen LogP contribution in [-0.2, 0) is 14.8 Å². The molecular formula is C18H26ClN3O3S. The smallest absolute Gasteiger partial charge is 0.244 e. The van der Waals surface area contributed by atoms with E-state index in [4.69, 9.17) is 17.3 Å². The molecular weight excluding hydrogens is 374 g/mol. The van der Waals surface area contributed by atoms with Crippen LogP contribution in [0.3, 0.4) is 0 Å². The van der Waals surface area contributed by atoms with Crippen LogP contribution in [-0.4, -0.2) is 37.8 Å². The first kappa shape index (κ1) is 19.6. The number of amides is 1. The molecule has 0 spiro atoms. The lowest BCUT2D eigenvalue weighted by Gasteiger charge is -2.27. The summed E-state index contributed by atoms with van der Waals surface area (Å²) in [6.07, 6.45) is 3.16. The van der Waals surface area contributed by atoms with Crippen molar-refractivity contribution in [3.8, 4) is 0 Å². The van der Waals surface area contributed by atoms with Gasteiger partial charge in [0.1, 0.15) is 4.90 Å². The summed E-state index contributed by atoms with van der Waals surface area (Å²) >= 11 is 6.14. The van der Waals surface area contributed by atoms with Gasteiger partial charge in [0.15, 0.2) is 0 Å². The molecule has 0 aliphatic heterocycles. The number of rotatable bonds is 6. The Balaban J connectivity index is 1.83. The Morgan fingerprint density at radius 1 is 1.27 bits per heavy atom. The topological polar surface area (TPSA) is 92.5 Å². The normalized spacial score (nSPS) is 27.9. The molecule has 1 aromatic carbocycles. The predicted octanol–water partition coefficient (Wildman–Crippen LogP) is 2.68. The summed E-state index contributed by atoms with van der Waals surface area (Å²) in [5.41, 5.74) is 6.66. The van der Waals surface area contributed by atoms with Crippen LogP contribution in [0.2, 0.25) is 5.02 Å². The highest BCUT2D eigenvalue weighted by atomic mass is 35.5. The molecule has 26 heavy (non-hydrogen) atoms. The van der Waals surface area contributed by atoms with Gasteiger partial charge in [0, 0.05) is 24.8 Å². The first-order valence-corrected chi connectivity index (χ1v) is 11.0. The molecule has 2 bridgehead atoms. The van der Waals surface area contributed by atoms with E-state index >= 15 is 0 Å². The first-order chi connectivity index (χ1) is 12.3. The average molecular weight is 400 g/mol. The molecule has 144 valence electrons. The minimum absolute atomic E-state index is 0.0120. The van der Waals surface area contributed by atoms with Crippen molar-refractivity contribution in [2.45, 2.75) is 44.0 Å². The fourth-order valence-corrected chi connectivity index (χ4v) is 6.39. The van der Waals surface area contributed by atoms with Gasteiger partial charge in [0.2, 0.25) is 15.9 Å². The number of fused-ring (bicyclic) bond motifs is 2. The standard InChI is InChI=1S/C18H26ClN3O3S/c1-3-22(4-2)26(24,25)15-10-13(7-8-14(15)19)21-18(23)16-11-5-6-12(9-11)17(16)20/h7-8,10-12,16-17H,3-6,9,20H2,1-2H3,(H,21,23). The minimum atomic E-state index is -3.70. The van der Waals surface area contributed by atoms with E-state index in [2.05, 4.69) is 5.32 Å². The van der Waals surface area contributed by atoms with Gasteiger partial charge in [0.05, 0.1) is 10.9 Å². The van der Waals surface area contributed by atoms with Crippen molar-refractivity contribution < 1.29 is 13.2 Å². The number of benzene rings is 1. The zero-order chi connectivity index (χ0) is 19.1. The van der Waals surface area contributed by atoms with Gasteiger partial charge in [-0.3, -0.25) is 4.79 Å². The molecule has 0 saturated heterocycles. The lowest BCUT2D eigenvalue weighted by Crippen LogP contribution is -2.42. The second-order valence-electron chi connectivity index (χ2n) is 7.16. The Kier molecular flexibility index (Phi) is 5.63. The van der Waals surface area contributed by atoms with Crippen LogP contribution in [0.5, 0.6) is 0 Å². The Bertz CT molecular complexity index is 793. The molecule has 0 radical (unpaired) electrons. The van der Waals surface area contributed by atoms with Crippen molar-refractivity contribution in [3.05, 3.63) is 23.2 Å². The molecule has 2 fully saturated rings. The van der Waals surface area contributed by atoms with Crippen LogP contribution in [0.4, 0.5) is 5.69 Å². The second-order valence-corrected chi connectivity index (χ2v) is 9.47. The maximum absolute atomic E-state index is 12.8. The predicted molar refractivity (Wildman–Crippen MR) is 102 cm³/mol. The highest BCUT2D eigenvalue weighted by Gasteiger charge is 2.49. The fraction of sp³-hybridized carbons (Fsp3) is 0.611. The molecule has 4 unspecified atom stereocenters. The summed E-state index contributed by atoms with van der Waals surface area (Å²) < 4.78 is 26.9. The quantitative estimate of drug-likeness (QED) is 0.769. The van der Waals surface area contributed by atoms with Crippen LogP contribution in [0, 0.1) is 17.8 Å². The van der Waals surface area contributed by atoms with E-state index in [0.29, 0.717) is 30.6 Å². The number of halogens is 1. The molecule has 2 saturated carbocycles. The number of nitrogens with zero attached hydrogens (tertiary/aromatic N) is 1. The Morgan fingerprint density at radius 3 is 2.50 bits per heavy atom. The summed E-state index contributed by atoms with van der Waals surface area (Å²) in [6.45, 7) is 4.26. The molecule has 3 N–H and O–H groups in total. The van der Waals surface area contributed by atoms with Gasteiger partial charge in [-0.2, -0.15) is 4.31 Å². The Morgan fingerprint density at radius 2 is 1.92 bits per heavy atom. The zero-order valence-electron chi connectivity index (χ0n) is 15.1. The van der Waals surface area contributed by atoms with Crippen LogP contribution in [0.15, 0.2) is 23.1 Å². The van der Waals surface area contributed by atoms with Crippen molar-refractivity contribution in [2.24, 2.45) is 23.5 Å². The van der Waals surface area contributed by atoms with E-state index in [-0.39, 0.29) is 27.8 Å². The molecule has 0 heterocycles. The third-order valence-electron chi connectivity index (χ3n) is 5.81. The van der Waals surface area contributed by atoms with Crippen molar-refractivity contribution >= 4 is 33.2 Å². The van der Waals surface area contributed by atoms with E-state index in [9.17, 15) is 13.2 Å². The fourth-order valence-electron chi connectivity index (χ4n) is 4.43. The summed E-state index contributed by atoms with van der Waals surface area (Å²) in [5.74, 6) is 0.436. The summed E-state index contributed by atoms with van der Waals surface area (Å²) in [6, 6.07) is 4.46. The van der Waals surface area contributed by atoms with Crippen LogP contribution < -0.4 is 11.1 Å². The number of carbonyl (C=O) groups is 1. The van der Waals surface area contributed by atoms with Gasteiger partial charge < -0.3 is 11.1 Å². The number of nitrogens with two attached hydrogens (primary N) is 1. The van der Waals surface area contributed by atoms with Gasteiger partial charge in [-0.05, 0) is 49.3 Å². The van der Waals surface area contributed by atoms with Gasteiger partial charge in [-0.25, -0.2) is 8.42 Å². The molecule has 1 amide bonds. The molecule has 6 nitrogen and oxygen atoms in total. The first-order valence-electron chi connectivity index (χ1n) is 9.15.